The summed E-state index contributed by atoms with van der Waals surface area (Å²) in [7, 11) is 0. The van der Waals surface area contributed by atoms with E-state index in [-0.39, 0.29) is 23.9 Å². The summed E-state index contributed by atoms with van der Waals surface area (Å²) in [5, 5.41) is 6.48. The average Bonchev–Trinajstić information content (AvgIpc) is 2.76. The van der Waals surface area contributed by atoms with E-state index in [1.807, 2.05) is 56.3 Å². The SMILES string of the molecule is C[C@H](NC(=O)[C@@H](C)N1CCN(CC(=O)Nc2ccccc2Cl)CC1)c1ccccc1. The summed E-state index contributed by atoms with van der Waals surface area (Å²) in [5.41, 5.74) is 1.72. The fraction of sp³-hybridized carbons (Fsp3) is 0.391. The van der Waals surface area contributed by atoms with E-state index in [1.165, 1.54) is 0 Å². The number of rotatable bonds is 7. The van der Waals surface area contributed by atoms with Gasteiger partial charge in [0.25, 0.3) is 0 Å². The van der Waals surface area contributed by atoms with Crippen molar-refractivity contribution in [3.05, 3.63) is 65.2 Å². The predicted molar refractivity (Wildman–Crippen MR) is 121 cm³/mol. The summed E-state index contributed by atoms with van der Waals surface area (Å²) in [6.07, 6.45) is 0. The molecule has 1 aliphatic rings. The third kappa shape index (κ3) is 6.05. The number of halogens is 1. The molecule has 1 heterocycles. The molecule has 2 aromatic carbocycles. The van der Waals surface area contributed by atoms with E-state index in [9.17, 15) is 9.59 Å². The zero-order valence-corrected chi connectivity index (χ0v) is 18.2. The van der Waals surface area contributed by atoms with Crippen LogP contribution in [0.4, 0.5) is 5.69 Å². The number of para-hydroxylation sites is 1. The van der Waals surface area contributed by atoms with Gasteiger partial charge in [0.15, 0.2) is 0 Å². The zero-order valence-electron chi connectivity index (χ0n) is 17.5. The monoisotopic (exact) mass is 428 g/mol. The maximum Gasteiger partial charge on any atom is 0.238 e. The molecule has 3 rings (SSSR count). The van der Waals surface area contributed by atoms with Gasteiger partial charge >= 0.3 is 0 Å². The van der Waals surface area contributed by atoms with Crippen LogP contribution in [0.3, 0.4) is 0 Å². The summed E-state index contributed by atoms with van der Waals surface area (Å²) in [6.45, 7) is 7.21. The average molecular weight is 429 g/mol. The van der Waals surface area contributed by atoms with Crippen molar-refractivity contribution in [3.63, 3.8) is 0 Å². The van der Waals surface area contributed by atoms with Crippen molar-refractivity contribution in [2.24, 2.45) is 0 Å². The molecule has 2 atom stereocenters. The minimum absolute atomic E-state index is 0.0243. The minimum Gasteiger partial charge on any atom is -0.348 e. The third-order valence-corrected chi connectivity index (χ3v) is 5.84. The summed E-state index contributed by atoms with van der Waals surface area (Å²) in [4.78, 5) is 29.3. The first-order chi connectivity index (χ1) is 14.4. The fourth-order valence-electron chi connectivity index (χ4n) is 3.59. The number of hydrogen-bond acceptors (Lipinski definition) is 4. The quantitative estimate of drug-likeness (QED) is 0.711. The number of carbonyl (C=O) groups excluding carboxylic acids is 2. The summed E-state index contributed by atoms with van der Waals surface area (Å²) < 4.78 is 0. The van der Waals surface area contributed by atoms with E-state index in [0.717, 1.165) is 31.7 Å². The largest absolute Gasteiger partial charge is 0.348 e. The molecule has 0 aromatic heterocycles. The van der Waals surface area contributed by atoms with Gasteiger partial charge in [-0.25, -0.2) is 0 Å². The van der Waals surface area contributed by atoms with Crippen molar-refractivity contribution in [3.8, 4) is 0 Å². The lowest BCUT2D eigenvalue weighted by molar-refractivity contribution is -0.127. The number of piperazine rings is 1. The highest BCUT2D eigenvalue weighted by Crippen LogP contribution is 2.20. The van der Waals surface area contributed by atoms with Crippen LogP contribution in [-0.4, -0.2) is 60.4 Å². The standard InChI is InChI=1S/C23H29ClN4O2/c1-17(19-8-4-3-5-9-19)25-23(30)18(2)28-14-12-27(13-15-28)16-22(29)26-21-11-7-6-10-20(21)24/h3-11,17-18H,12-16H2,1-2H3,(H,25,30)(H,26,29)/t17-,18+/m0/s1. The van der Waals surface area contributed by atoms with Gasteiger partial charge < -0.3 is 10.6 Å². The smallest absolute Gasteiger partial charge is 0.238 e. The Morgan fingerprint density at radius 3 is 2.27 bits per heavy atom. The van der Waals surface area contributed by atoms with Gasteiger partial charge in [-0.05, 0) is 31.5 Å². The first kappa shape index (κ1) is 22.3. The summed E-state index contributed by atoms with van der Waals surface area (Å²) in [6, 6.07) is 16.9. The number of carbonyl (C=O) groups is 2. The number of nitrogens with zero attached hydrogens (tertiary/aromatic N) is 2. The van der Waals surface area contributed by atoms with Crippen molar-refractivity contribution in [2.75, 3.05) is 38.0 Å². The molecule has 0 bridgehead atoms. The molecule has 1 fully saturated rings. The lowest BCUT2D eigenvalue weighted by atomic mass is 10.1. The van der Waals surface area contributed by atoms with Crippen LogP contribution in [0.15, 0.2) is 54.6 Å². The summed E-state index contributed by atoms with van der Waals surface area (Å²) >= 11 is 6.10. The van der Waals surface area contributed by atoms with E-state index in [4.69, 9.17) is 11.6 Å². The van der Waals surface area contributed by atoms with Gasteiger partial charge in [0.2, 0.25) is 11.8 Å². The maximum atomic E-state index is 12.7. The number of hydrogen-bond donors (Lipinski definition) is 2. The Labute approximate surface area is 183 Å². The molecular weight excluding hydrogens is 400 g/mol. The van der Waals surface area contributed by atoms with E-state index >= 15 is 0 Å². The van der Waals surface area contributed by atoms with Gasteiger partial charge in [0.1, 0.15) is 0 Å². The van der Waals surface area contributed by atoms with Crippen LogP contribution in [0.5, 0.6) is 0 Å². The molecule has 6 nitrogen and oxygen atoms in total. The molecule has 0 saturated carbocycles. The Morgan fingerprint density at radius 2 is 1.60 bits per heavy atom. The molecule has 0 aliphatic carbocycles. The van der Waals surface area contributed by atoms with Crippen LogP contribution >= 0.6 is 11.6 Å². The Kier molecular flexibility index (Phi) is 7.85. The van der Waals surface area contributed by atoms with E-state index in [0.29, 0.717) is 17.3 Å². The molecule has 0 spiro atoms. The molecule has 2 amide bonds. The molecule has 7 heteroatoms. The Balaban J connectivity index is 1.43. The van der Waals surface area contributed by atoms with Crippen LogP contribution in [-0.2, 0) is 9.59 Å². The molecule has 2 N–H and O–H groups in total. The normalized spacial score (nSPS) is 17.2. The number of anilines is 1. The molecule has 2 aromatic rings. The van der Waals surface area contributed by atoms with Crippen molar-refractivity contribution in [1.82, 2.24) is 15.1 Å². The van der Waals surface area contributed by atoms with E-state index in [2.05, 4.69) is 20.4 Å². The van der Waals surface area contributed by atoms with Crippen LogP contribution in [0.2, 0.25) is 5.02 Å². The number of benzene rings is 2. The van der Waals surface area contributed by atoms with Gasteiger partial charge in [-0.1, -0.05) is 54.1 Å². The third-order valence-electron chi connectivity index (χ3n) is 5.51. The van der Waals surface area contributed by atoms with Crippen LogP contribution < -0.4 is 10.6 Å². The van der Waals surface area contributed by atoms with Crippen molar-refractivity contribution in [2.45, 2.75) is 25.9 Å². The lowest BCUT2D eigenvalue weighted by Crippen LogP contribution is -2.55. The van der Waals surface area contributed by atoms with Crippen molar-refractivity contribution >= 4 is 29.1 Å². The molecule has 0 radical (unpaired) electrons. The number of amides is 2. The van der Waals surface area contributed by atoms with Gasteiger partial charge in [-0.3, -0.25) is 19.4 Å². The van der Waals surface area contributed by atoms with Crippen LogP contribution in [0.25, 0.3) is 0 Å². The molecule has 30 heavy (non-hydrogen) atoms. The number of nitrogens with one attached hydrogen (secondary N) is 2. The van der Waals surface area contributed by atoms with Gasteiger partial charge in [-0.15, -0.1) is 0 Å². The first-order valence-corrected chi connectivity index (χ1v) is 10.7. The Bertz CT molecular complexity index is 853. The van der Waals surface area contributed by atoms with E-state index < -0.39 is 0 Å². The van der Waals surface area contributed by atoms with Crippen molar-refractivity contribution < 1.29 is 9.59 Å². The van der Waals surface area contributed by atoms with Gasteiger partial charge in [-0.2, -0.15) is 0 Å². The van der Waals surface area contributed by atoms with Gasteiger partial charge in [0, 0.05) is 26.2 Å². The molecule has 1 saturated heterocycles. The molecule has 160 valence electrons. The fourth-order valence-corrected chi connectivity index (χ4v) is 3.77. The topological polar surface area (TPSA) is 64.7 Å². The summed E-state index contributed by atoms with van der Waals surface area (Å²) in [5.74, 6) is -0.0599. The van der Waals surface area contributed by atoms with Crippen LogP contribution in [0, 0.1) is 0 Å². The van der Waals surface area contributed by atoms with Crippen molar-refractivity contribution in [1.29, 1.82) is 0 Å². The van der Waals surface area contributed by atoms with Crippen LogP contribution in [0.1, 0.15) is 25.5 Å². The second-order valence-electron chi connectivity index (χ2n) is 7.66. The molecule has 1 aliphatic heterocycles. The highest BCUT2D eigenvalue weighted by Gasteiger charge is 2.27. The second kappa shape index (κ2) is 10.6. The molecular formula is C23H29ClN4O2. The Morgan fingerprint density at radius 1 is 0.967 bits per heavy atom. The molecule has 0 unspecified atom stereocenters. The van der Waals surface area contributed by atoms with Gasteiger partial charge in [0.05, 0.1) is 29.3 Å². The zero-order chi connectivity index (χ0) is 21.5. The highest BCUT2D eigenvalue weighted by atomic mass is 35.5. The lowest BCUT2D eigenvalue weighted by Gasteiger charge is -2.37. The maximum absolute atomic E-state index is 12.7. The van der Waals surface area contributed by atoms with E-state index in [1.54, 1.807) is 12.1 Å². The predicted octanol–water partition coefficient (Wildman–Crippen LogP) is 3.16. The Hall–Kier alpha value is -2.41. The highest BCUT2D eigenvalue weighted by molar-refractivity contribution is 6.33. The second-order valence-corrected chi connectivity index (χ2v) is 8.06. The minimum atomic E-state index is -0.213. The first-order valence-electron chi connectivity index (χ1n) is 10.3.